The maximum absolute atomic E-state index is 14.8. The van der Waals surface area contributed by atoms with Crippen LogP contribution < -0.4 is 29.7 Å². The standard InChI is InChI=1S/C36H45F3N8O6S/c1-35(2,3)53-34(48)41-19-18-40-26-16-20-46(21-17-26)30-15-14-29(36(37,38)39)32(54(49,50)42-22-24-6-10-27(51-4)11-7-24)31(30)33-43-44-45-47(33)23-25-8-12-28(52-5)13-9-25/h6-15,26,40,42H,16-23H2,1-5H3,(H,41,48). The predicted octanol–water partition coefficient (Wildman–Crippen LogP) is 4.99. The van der Waals surface area contributed by atoms with Gasteiger partial charge in [-0.05, 0) is 91.6 Å². The molecule has 0 radical (unpaired) electrons. The van der Waals surface area contributed by atoms with Gasteiger partial charge < -0.3 is 29.7 Å². The van der Waals surface area contributed by atoms with E-state index in [9.17, 15) is 26.4 Å². The summed E-state index contributed by atoms with van der Waals surface area (Å²) in [6.07, 6.45) is -4.40. The third kappa shape index (κ3) is 10.4. The van der Waals surface area contributed by atoms with Crippen LogP contribution in [0.4, 0.5) is 23.7 Å². The Bertz CT molecular complexity index is 1980. The molecule has 3 aromatic carbocycles. The van der Waals surface area contributed by atoms with Crippen molar-refractivity contribution in [2.24, 2.45) is 0 Å². The number of ether oxygens (including phenoxy) is 3. The number of benzene rings is 3. The maximum atomic E-state index is 14.8. The Morgan fingerprint density at radius 2 is 1.50 bits per heavy atom. The Kier molecular flexibility index (Phi) is 12.7. The Hall–Kier alpha value is -4.94. The van der Waals surface area contributed by atoms with Crippen molar-refractivity contribution in [1.29, 1.82) is 0 Å². The molecule has 0 saturated carbocycles. The summed E-state index contributed by atoms with van der Waals surface area (Å²) in [4.78, 5) is 12.9. The minimum Gasteiger partial charge on any atom is -0.497 e. The zero-order valence-corrected chi connectivity index (χ0v) is 31.6. The van der Waals surface area contributed by atoms with E-state index in [1.165, 1.54) is 25.0 Å². The Morgan fingerprint density at radius 1 is 0.889 bits per heavy atom. The van der Waals surface area contributed by atoms with E-state index < -0.39 is 38.4 Å². The lowest BCUT2D eigenvalue weighted by molar-refractivity contribution is -0.139. The number of alkyl halides is 3. The molecular weight excluding hydrogens is 730 g/mol. The number of carbonyl (C=O) groups excluding carboxylic acids is 1. The third-order valence-electron chi connectivity index (χ3n) is 8.64. The number of hydrogen-bond donors (Lipinski definition) is 3. The zero-order valence-electron chi connectivity index (χ0n) is 30.7. The molecule has 1 fully saturated rings. The molecule has 18 heteroatoms. The SMILES string of the molecule is COc1ccc(CNS(=O)(=O)c2c(C(F)(F)F)ccc(N3CCC(NCCNC(=O)OC(C)(C)C)CC3)c2-c2nnnn2Cc2ccc(OC)cc2)cc1. The number of rotatable bonds is 14. The van der Waals surface area contributed by atoms with E-state index in [1.54, 1.807) is 69.3 Å². The molecule has 1 aliphatic rings. The molecule has 54 heavy (non-hydrogen) atoms. The molecule has 1 aromatic heterocycles. The first-order chi connectivity index (χ1) is 25.6. The summed E-state index contributed by atoms with van der Waals surface area (Å²) >= 11 is 0. The molecule has 0 aliphatic carbocycles. The minimum absolute atomic E-state index is 0.0318. The normalized spacial score (nSPS) is 14.2. The van der Waals surface area contributed by atoms with Crippen molar-refractivity contribution in [2.75, 3.05) is 45.3 Å². The fourth-order valence-electron chi connectivity index (χ4n) is 6.02. The lowest BCUT2D eigenvalue weighted by atomic mass is 10.0. The molecule has 3 N–H and O–H groups in total. The highest BCUT2D eigenvalue weighted by Crippen LogP contribution is 2.44. The molecule has 0 atom stereocenters. The van der Waals surface area contributed by atoms with Gasteiger partial charge in [-0.2, -0.15) is 13.2 Å². The summed E-state index contributed by atoms with van der Waals surface area (Å²) in [5.74, 6) is 0.991. The Labute approximate surface area is 312 Å². The second kappa shape index (κ2) is 17.0. The second-order valence-corrected chi connectivity index (χ2v) is 15.4. The van der Waals surface area contributed by atoms with Crippen molar-refractivity contribution in [1.82, 2.24) is 35.6 Å². The summed E-state index contributed by atoms with van der Waals surface area (Å²) < 4.78 is 92.3. The molecule has 0 bridgehead atoms. The summed E-state index contributed by atoms with van der Waals surface area (Å²) in [7, 11) is -1.85. The van der Waals surface area contributed by atoms with E-state index >= 15 is 0 Å². The largest absolute Gasteiger partial charge is 0.497 e. The molecule has 1 amide bonds. The lowest BCUT2D eigenvalue weighted by Gasteiger charge is -2.36. The third-order valence-corrected chi connectivity index (χ3v) is 10.1. The van der Waals surface area contributed by atoms with Gasteiger partial charge in [0.15, 0.2) is 5.82 Å². The van der Waals surface area contributed by atoms with Gasteiger partial charge >= 0.3 is 12.3 Å². The highest BCUT2D eigenvalue weighted by Gasteiger charge is 2.42. The minimum atomic E-state index is -5.05. The molecule has 4 aromatic rings. The van der Waals surface area contributed by atoms with Crippen molar-refractivity contribution in [3.63, 3.8) is 0 Å². The molecule has 14 nitrogen and oxygen atoms in total. The van der Waals surface area contributed by atoms with Crippen LogP contribution in [0.3, 0.4) is 0 Å². The van der Waals surface area contributed by atoms with Crippen LogP contribution in [-0.4, -0.2) is 86.8 Å². The van der Waals surface area contributed by atoms with Crippen LogP contribution in [-0.2, 0) is 34.0 Å². The van der Waals surface area contributed by atoms with Gasteiger partial charge in [-0.15, -0.1) is 5.10 Å². The maximum Gasteiger partial charge on any atom is 0.417 e. The molecule has 2 heterocycles. The first-order valence-electron chi connectivity index (χ1n) is 17.3. The van der Waals surface area contributed by atoms with E-state index in [0.29, 0.717) is 61.6 Å². The quantitative estimate of drug-likeness (QED) is 0.148. The van der Waals surface area contributed by atoms with Gasteiger partial charge in [-0.3, -0.25) is 0 Å². The van der Waals surface area contributed by atoms with E-state index in [-0.39, 0.29) is 36.2 Å². The van der Waals surface area contributed by atoms with Crippen molar-refractivity contribution < 1.29 is 40.6 Å². The van der Waals surface area contributed by atoms with E-state index in [2.05, 4.69) is 30.9 Å². The number of carbonyl (C=O) groups is 1. The van der Waals surface area contributed by atoms with Crippen LogP contribution in [0.1, 0.15) is 50.3 Å². The summed E-state index contributed by atoms with van der Waals surface area (Å²) in [6.45, 7) is 6.65. The first-order valence-corrected chi connectivity index (χ1v) is 18.8. The number of nitrogens with one attached hydrogen (secondary N) is 3. The van der Waals surface area contributed by atoms with Gasteiger partial charge in [0.25, 0.3) is 0 Å². The number of nitrogens with zero attached hydrogens (tertiary/aromatic N) is 5. The van der Waals surface area contributed by atoms with Crippen molar-refractivity contribution in [3.8, 4) is 22.9 Å². The summed E-state index contributed by atoms with van der Waals surface area (Å²) in [5, 5.41) is 18.1. The molecule has 5 rings (SSSR count). The van der Waals surface area contributed by atoms with Crippen LogP contribution in [0.15, 0.2) is 65.6 Å². The molecular formula is C36H45F3N8O6S. The average molecular weight is 775 g/mol. The molecule has 292 valence electrons. The van der Waals surface area contributed by atoms with E-state index in [0.717, 1.165) is 6.07 Å². The fraction of sp³-hybridized carbons (Fsp3) is 0.444. The van der Waals surface area contributed by atoms with Crippen molar-refractivity contribution in [3.05, 3.63) is 77.4 Å². The van der Waals surface area contributed by atoms with Crippen LogP contribution >= 0.6 is 0 Å². The summed E-state index contributed by atoms with van der Waals surface area (Å²) in [5.41, 5.74) is -0.788. The van der Waals surface area contributed by atoms with Gasteiger partial charge in [-0.25, -0.2) is 22.6 Å². The topological polar surface area (TPSA) is 162 Å². The number of alkyl carbamates (subject to hydrolysis) is 1. The zero-order chi connectivity index (χ0) is 39.1. The average Bonchev–Trinajstić information content (AvgIpc) is 3.59. The number of anilines is 1. The van der Waals surface area contributed by atoms with Crippen LogP contribution in [0, 0.1) is 0 Å². The number of halogens is 3. The van der Waals surface area contributed by atoms with Crippen LogP contribution in [0.25, 0.3) is 11.4 Å². The number of aromatic nitrogens is 4. The molecule has 0 unspecified atom stereocenters. The number of hydrogen-bond acceptors (Lipinski definition) is 11. The number of sulfonamides is 1. The van der Waals surface area contributed by atoms with E-state index in [4.69, 9.17) is 14.2 Å². The molecule has 1 saturated heterocycles. The smallest absolute Gasteiger partial charge is 0.417 e. The Morgan fingerprint density at radius 3 is 2.07 bits per heavy atom. The number of tetrazole rings is 1. The second-order valence-electron chi connectivity index (χ2n) is 13.7. The van der Waals surface area contributed by atoms with Crippen molar-refractivity contribution in [2.45, 2.75) is 69.4 Å². The van der Waals surface area contributed by atoms with Gasteiger partial charge in [-0.1, -0.05) is 24.3 Å². The highest BCUT2D eigenvalue weighted by molar-refractivity contribution is 7.89. The Balaban J connectivity index is 1.48. The molecule has 1 aliphatic heterocycles. The van der Waals surface area contributed by atoms with Crippen LogP contribution in [0.5, 0.6) is 11.5 Å². The lowest BCUT2D eigenvalue weighted by Crippen LogP contribution is -2.45. The van der Waals surface area contributed by atoms with Crippen LogP contribution in [0.2, 0.25) is 0 Å². The molecule has 0 spiro atoms. The number of piperidine rings is 1. The predicted molar refractivity (Wildman–Crippen MR) is 195 cm³/mol. The number of amides is 1. The number of methoxy groups -OCH3 is 2. The highest BCUT2D eigenvalue weighted by atomic mass is 32.2. The fourth-order valence-corrected chi connectivity index (χ4v) is 7.46. The van der Waals surface area contributed by atoms with E-state index in [1.807, 2.05) is 4.90 Å². The van der Waals surface area contributed by atoms with Gasteiger partial charge in [0.2, 0.25) is 10.0 Å². The van der Waals surface area contributed by atoms with Crippen molar-refractivity contribution >= 4 is 21.8 Å². The summed E-state index contributed by atoms with van der Waals surface area (Å²) in [6, 6.07) is 15.6. The monoisotopic (exact) mass is 774 g/mol. The first kappa shape index (κ1) is 40.2. The van der Waals surface area contributed by atoms with Gasteiger partial charge in [0, 0.05) is 44.5 Å². The van der Waals surface area contributed by atoms with Gasteiger partial charge in [0.05, 0.1) is 31.9 Å². The van der Waals surface area contributed by atoms with Gasteiger partial charge in [0.1, 0.15) is 22.0 Å².